The second-order valence-electron chi connectivity index (χ2n) is 6.27. The van der Waals surface area contributed by atoms with Gasteiger partial charge in [-0.05, 0) is 24.3 Å². The lowest BCUT2D eigenvalue weighted by Crippen LogP contribution is -2.18. The number of rotatable bonds is 8. The lowest BCUT2D eigenvalue weighted by atomic mass is 10.3. The Morgan fingerprint density at radius 2 is 1.17 bits per heavy atom. The highest BCUT2D eigenvalue weighted by Crippen LogP contribution is 2.10. The summed E-state index contributed by atoms with van der Waals surface area (Å²) < 4.78 is 13.3. The molecule has 0 spiro atoms. The summed E-state index contributed by atoms with van der Waals surface area (Å²) in [6.45, 7) is 0.231. The van der Waals surface area contributed by atoms with Crippen molar-refractivity contribution < 1.29 is 19.1 Å². The SMILES string of the molecule is O=C(Cn1nnc2ccccc21)OCCCOC(=O)Cn1nnc2ccccc21. The highest BCUT2D eigenvalue weighted by molar-refractivity contribution is 5.77. The first-order valence-electron chi connectivity index (χ1n) is 9.08. The average molecular weight is 394 g/mol. The van der Waals surface area contributed by atoms with E-state index in [0.717, 1.165) is 11.0 Å². The monoisotopic (exact) mass is 394 g/mol. The number of hydrogen-bond donors (Lipinski definition) is 0. The average Bonchev–Trinajstić information content (AvgIpc) is 3.32. The molecule has 4 aromatic rings. The topological polar surface area (TPSA) is 114 Å². The first-order chi connectivity index (χ1) is 14.2. The maximum absolute atomic E-state index is 12.0. The van der Waals surface area contributed by atoms with Crippen LogP contribution in [0.2, 0.25) is 0 Å². The van der Waals surface area contributed by atoms with Gasteiger partial charge < -0.3 is 9.47 Å². The van der Waals surface area contributed by atoms with Crippen LogP contribution in [0.5, 0.6) is 0 Å². The van der Waals surface area contributed by atoms with Crippen LogP contribution >= 0.6 is 0 Å². The van der Waals surface area contributed by atoms with Gasteiger partial charge in [0.25, 0.3) is 0 Å². The Balaban J connectivity index is 1.17. The second-order valence-corrected chi connectivity index (χ2v) is 6.27. The van der Waals surface area contributed by atoms with E-state index in [9.17, 15) is 9.59 Å². The van der Waals surface area contributed by atoms with Crippen molar-refractivity contribution in [2.45, 2.75) is 19.5 Å². The molecule has 4 rings (SSSR count). The van der Waals surface area contributed by atoms with E-state index >= 15 is 0 Å². The number of carbonyl (C=O) groups excluding carboxylic acids is 2. The summed E-state index contributed by atoms with van der Waals surface area (Å²) in [6.07, 6.45) is 0.397. The molecule has 0 atom stereocenters. The third kappa shape index (κ3) is 4.37. The van der Waals surface area contributed by atoms with E-state index in [-0.39, 0.29) is 26.3 Å². The largest absolute Gasteiger partial charge is 0.464 e. The van der Waals surface area contributed by atoms with Gasteiger partial charge in [-0.2, -0.15) is 0 Å². The number of esters is 2. The van der Waals surface area contributed by atoms with Crippen LogP contribution < -0.4 is 0 Å². The molecule has 0 aliphatic heterocycles. The molecule has 2 aromatic heterocycles. The van der Waals surface area contributed by atoms with E-state index in [1.54, 1.807) is 0 Å². The van der Waals surface area contributed by atoms with Gasteiger partial charge in [0.15, 0.2) is 0 Å². The quantitative estimate of drug-likeness (QED) is 0.325. The van der Waals surface area contributed by atoms with E-state index in [1.807, 2.05) is 48.5 Å². The molecule has 148 valence electrons. The molecule has 0 unspecified atom stereocenters. The molecule has 0 fully saturated rings. The third-order valence-corrected chi connectivity index (χ3v) is 4.21. The number of hydrogen-bond acceptors (Lipinski definition) is 8. The van der Waals surface area contributed by atoms with E-state index in [0.29, 0.717) is 17.5 Å². The van der Waals surface area contributed by atoms with Crippen LogP contribution in [-0.4, -0.2) is 55.1 Å². The van der Waals surface area contributed by atoms with Crippen molar-refractivity contribution in [3.63, 3.8) is 0 Å². The summed E-state index contributed by atoms with van der Waals surface area (Å²) in [5.41, 5.74) is 2.96. The molecule has 0 saturated heterocycles. The first-order valence-corrected chi connectivity index (χ1v) is 9.08. The number of carbonyl (C=O) groups is 2. The summed E-state index contributed by atoms with van der Waals surface area (Å²) in [4.78, 5) is 23.9. The predicted molar refractivity (Wildman–Crippen MR) is 102 cm³/mol. The number of aromatic nitrogens is 6. The van der Waals surface area contributed by atoms with Gasteiger partial charge in [0.05, 0.1) is 24.2 Å². The molecule has 10 heteroatoms. The minimum absolute atomic E-state index is 0.0281. The molecular formula is C19H18N6O4. The predicted octanol–water partition coefficient (Wildman–Crippen LogP) is 1.35. The fourth-order valence-corrected chi connectivity index (χ4v) is 2.84. The fraction of sp³-hybridized carbons (Fsp3) is 0.263. The van der Waals surface area contributed by atoms with Gasteiger partial charge in [-0.1, -0.05) is 34.7 Å². The van der Waals surface area contributed by atoms with Gasteiger partial charge in [-0.25, -0.2) is 9.36 Å². The van der Waals surface area contributed by atoms with Crippen molar-refractivity contribution in [1.29, 1.82) is 0 Å². The summed E-state index contributed by atoms with van der Waals surface area (Å²) in [5, 5.41) is 15.9. The summed E-state index contributed by atoms with van der Waals surface area (Å²) in [5.74, 6) is -0.859. The molecule has 2 aromatic carbocycles. The third-order valence-electron chi connectivity index (χ3n) is 4.21. The van der Waals surface area contributed by atoms with Crippen LogP contribution in [0.1, 0.15) is 6.42 Å². The highest BCUT2D eigenvalue weighted by atomic mass is 16.5. The Morgan fingerprint density at radius 3 is 1.66 bits per heavy atom. The normalized spacial score (nSPS) is 11.0. The maximum Gasteiger partial charge on any atom is 0.327 e. The Kier molecular flexibility index (Phi) is 5.41. The van der Waals surface area contributed by atoms with Crippen LogP contribution in [0.25, 0.3) is 22.1 Å². The van der Waals surface area contributed by atoms with Crippen LogP contribution in [0.3, 0.4) is 0 Å². The zero-order chi connectivity index (χ0) is 20.1. The minimum Gasteiger partial charge on any atom is -0.464 e. The molecule has 0 saturated carbocycles. The number of fused-ring (bicyclic) bond motifs is 2. The fourth-order valence-electron chi connectivity index (χ4n) is 2.84. The van der Waals surface area contributed by atoms with Gasteiger partial charge in [0.2, 0.25) is 0 Å². The number of para-hydroxylation sites is 2. The lowest BCUT2D eigenvalue weighted by Gasteiger charge is -2.07. The Labute approximate surface area is 165 Å². The van der Waals surface area contributed by atoms with Crippen LogP contribution in [-0.2, 0) is 32.2 Å². The Bertz CT molecular complexity index is 1060. The zero-order valence-electron chi connectivity index (χ0n) is 15.5. The van der Waals surface area contributed by atoms with E-state index in [1.165, 1.54) is 9.36 Å². The van der Waals surface area contributed by atoms with E-state index < -0.39 is 11.9 Å². The van der Waals surface area contributed by atoms with Gasteiger partial charge in [0.1, 0.15) is 24.1 Å². The smallest absolute Gasteiger partial charge is 0.327 e. The zero-order valence-corrected chi connectivity index (χ0v) is 15.5. The highest BCUT2D eigenvalue weighted by Gasteiger charge is 2.11. The van der Waals surface area contributed by atoms with Crippen LogP contribution in [0, 0.1) is 0 Å². The van der Waals surface area contributed by atoms with E-state index in [4.69, 9.17) is 9.47 Å². The van der Waals surface area contributed by atoms with Crippen molar-refractivity contribution in [1.82, 2.24) is 30.0 Å². The van der Waals surface area contributed by atoms with E-state index in [2.05, 4.69) is 20.6 Å². The second kappa shape index (κ2) is 8.46. The molecule has 0 bridgehead atoms. The van der Waals surface area contributed by atoms with Crippen molar-refractivity contribution >= 4 is 34.0 Å². The molecular weight excluding hydrogens is 376 g/mol. The molecule has 29 heavy (non-hydrogen) atoms. The maximum atomic E-state index is 12.0. The molecule has 10 nitrogen and oxygen atoms in total. The Morgan fingerprint density at radius 1 is 0.724 bits per heavy atom. The first kappa shape index (κ1) is 18.5. The number of benzene rings is 2. The van der Waals surface area contributed by atoms with Gasteiger partial charge in [0, 0.05) is 6.42 Å². The number of ether oxygens (including phenoxy) is 2. The lowest BCUT2D eigenvalue weighted by molar-refractivity contribution is -0.147. The van der Waals surface area contributed by atoms with Gasteiger partial charge in [-0.3, -0.25) is 9.59 Å². The summed E-state index contributed by atoms with van der Waals surface area (Å²) >= 11 is 0. The summed E-state index contributed by atoms with van der Waals surface area (Å²) in [7, 11) is 0. The van der Waals surface area contributed by atoms with Crippen molar-refractivity contribution in [3.05, 3.63) is 48.5 Å². The van der Waals surface area contributed by atoms with Crippen molar-refractivity contribution in [2.75, 3.05) is 13.2 Å². The summed E-state index contributed by atoms with van der Waals surface area (Å²) in [6, 6.07) is 14.7. The number of nitrogens with zero attached hydrogens (tertiary/aromatic N) is 6. The van der Waals surface area contributed by atoms with Crippen molar-refractivity contribution in [2.24, 2.45) is 0 Å². The molecule has 0 aliphatic carbocycles. The minimum atomic E-state index is -0.430. The van der Waals surface area contributed by atoms with Crippen LogP contribution in [0.4, 0.5) is 0 Å². The molecule has 0 amide bonds. The Hall–Kier alpha value is -3.82. The molecule has 0 N–H and O–H groups in total. The molecule has 0 aliphatic rings. The van der Waals surface area contributed by atoms with Gasteiger partial charge >= 0.3 is 11.9 Å². The van der Waals surface area contributed by atoms with Gasteiger partial charge in [-0.15, -0.1) is 10.2 Å². The van der Waals surface area contributed by atoms with Crippen LogP contribution in [0.15, 0.2) is 48.5 Å². The van der Waals surface area contributed by atoms with Crippen molar-refractivity contribution in [3.8, 4) is 0 Å². The standard InChI is InChI=1S/C19H18N6O4/c26-18(12-24-16-8-3-1-6-14(16)20-22-24)28-10-5-11-29-19(27)13-25-17-9-4-2-7-15(17)21-23-25/h1-4,6-9H,5,10-13H2. The molecule has 2 heterocycles. The molecule has 0 radical (unpaired) electrons.